The van der Waals surface area contributed by atoms with Crippen LogP contribution < -0.4 is 5.32 Å². The molecule has 0 fully saturated rings. The molecule has 2 rings (SSSR count). The Kier molecular flexibility index (Phi) is 5.78. The van der Waals surface area contributed by atoms with Crippen molar-refractivity contribution in [2.45, 2.75) is 13.3 Å². The second kappa shape index (κ2) is 8.00. The lowest BCUT2D eigenvalue weighted by molar-refractivity contribution is -0.384. The Morgan fingerprint density at radius 2 is 1.92 bits per heavy atom. The average Bonchev–Trinajstić information content (AvgIpc) is 2.56. The molecule has 0 unspecified atom stereocenters. The van der Waals surface area contributed by atoms with Gasteiger partial charge >= 0.3 is 5.97 Å². The Morgan fingerprint density at radius 3 is 2.60 bits per heavy atom. The highest BCUT2D eigenvalue weighted by molar-refractivity contribution is 5.95. The summed E-state index contributed by atoms with van der Waals surface area (Å²) in [5.74, 6) is -2.04. The van der Waals surface area contributed by atoms with Gasteiger partial charge in [-0.25, -0.2) is 4.39 Å². The van der Waals surface area contributed by atoms with Gasteiger partial charge in [-0.15, -0.1) is 0 Å². The molecule has 0 aliphatic heterocycles. The van der Waals surface area contributed by atoms with Crippen LogP contribution in [0.2, 0.25) is 0 Å². The Bertz CT molecular complexity index is 822. The molecular formula is C17H15FN2O5. The fourth-order valence-electron chi connectivity index (χ4n) is 2.14. The lowest BCUT2D eigenvalue weighted by Crippen LogP contribution is -2.22. The lowest BCUT2D eigenvalue weighted by Gasteiger charge is -2.09. The van der Waals surface area contributed by atoms with E-state index in [9.17, 15) is 24.1 Å². The number of nitrogens with zero attached hydrogens (tertiary/aromatic N) is 1. The van der Waals surface area contributed by atoms with Gasteiger partial charge in [0.2, 0.25) is 0 Å². The molecule has 0 saturated heterocycles. The van der Waals surface area contributed by atoms with E-state index in [-0.39, 0.29) is 23.4 Å². The third-order valence-electron chi connectivity index (χ3n) is 3.37. The largest absolute Gasteiger partial charge is 0.455 e. The molecule has 0 heterocycles. The predicted octanol–water partition coefficient (Wildman–Crippen LogP) is 2.77. The zero-order chi connectivity index (χ0) is 18.4. The maximum atomic E-state index is 13.4. The molecule has 2 aromatic rings. The summed E-state index contributed by atoms with van der Waals surface area (Å²) in [7, 11) is 0. The molecule has 0 aliphatic carbocycles. The fourth-order valence-corrected chi connectivity index (χ4v) is 2.14. The van der Waals surface area contributed by atoms with Gasteiger partial charge < -0.3 is 10.1 Å². The molecular weight excluding hydrogens is 331 g/mol. The van der Waals surface area contributed by atoms with Gasteiger partial charge in [-0.05, 0) is 24.1 Å². The summed E-state index contributed by atoms with van der Waals surface area (Å²) >= 11 is 0. The number of esters is 1. The molecule has 0 aliphatic rings. The first-order chi connectivity index (χ1) is 11.9. The van der Waals surface area contributed by atoms with Crippen LogP contribution in [0.5, 0.6) is 0 Å². The third kappa shape index (κ3) is 4.84. The van der Waals surface area contributed by atoms with Gasteiger partial charge in [-0.1, -0.05) is 30.3 Å². The number of ether oxygens (including phenoxy) is 1. The van der Waals surface area contributed by atoms with Crippen LogP contribution in [0.15, 0.2) is 42.5 Å². The predicted molar refractivity (Wildman–Crippen MR) is 87.5 cm³/mol. The number of anilines is 1. The molecule has 0 aromatic heterocycles. The molecule has 0 spiro atoms. The first kappa shape index (κ1) is 18.1. The van der Waals surface area contributed by atoms with Gasteiger partial charge in [-0.2, -0.15) is 0 Å². The van der Waals surface area contributed by atoms with E-state index >= 15 is 0 Å². The number of para-hydroxylation sites is 1. The smallest absolute Gasteiger partial charge is 0.310 e. The number of hydrogen-bond donors (Lipinski definition) is 1. The third-order valence-corrected chi connectivity index (χ3v) is 3.37. The molecule has 7 nitrogen and oxygen atoms in total. The van der Waals surface area contributed by atoms with Gasteiger partial charge in [0.05, 0.1) is 11.3 Å². The first-order valence-corrected chi connectivity index (χ1v) is 7.31. The van der Waals surface area contributed by atoms with Crippen LogP contribution in [0.3, 0.4) is 0 Å². The van der Waals surface area contributed by atoms with Crippen LogP contribution in [0.4, 0.5) is 15.8 Å². The van der Waals surface area contributed by atoms with Crippen molar-refractivity contribution in [3.63, 3.8) is 0 Å². The zero-order valence-electron chi connectivity index (χ0n) is 13.3. The van der Waals surface area contributed by atoms with E-state index in [2.05, 4.69) is 5.32 Å². The van der Waals surface area contributed by atoms with Gasteiger partial charge in [0.15, 0.2) is 6.61 Å². The monoisotopic (exact) mass is 346 g/mol. The highest BCUT2D eigenvalue weighted by atomic mass is 19.1. The summed E-state index contributed by atoms with van der Waals surface area (Å²) in [6.07, 6.45) is -0.315. The minimum Gasteiger partial charge on any atom is -0.455 e. The second-order valence-electron chi connectivity index (χ2n) is 5.20. The van der Waals surface area contributed by atoms with E-state index in [0.29, 0.717) is 5.56 Å². The van der Waals surface area contributed by atoms with Crippen molar-refractivity contribution in [1.82, 2.24) is 0 Å². The molecule has 1 N–H and O–H groups in total. The minimum absolute atomic E-state index is 0.0441. The van der Waals surface area contributed by atoms with Crippen molar-refractivity contribution in [3.05, 3.63) is 69.5 Å². The number of benzene rings is 2. The molecule has 1 amide bonds. The maximum Gasteiger partial charge on any atom is 0.310 e. The zero-order valence-corrected chi connectivity index (χ0v) is 13.3. The number of nitrogens with one attached hydrogen (secondary N) is 1. The van der Waals surface area contributed by atoms with E-state index in [1.54, 1.807) is 19.1 Å². The van der Waals surface area contributed by atoms with Crippen LogP contribution >= 0.6 is 0 Å². The average molecular weight is 346 g/mol. The van der Waals surface area contributed by atoms with E-state index in [1.165, 1.54) is 30.3 Å². The normalized spacial score (nSPS) is 10.2. The van der Waals surface area contributed by atoms with Gasteiger partial charge in [0.25, 0.3) is 11.6 Å². The molecule has 130 valence electrons. The van der Waals surface area contributed by atoms with Crippen molar-refractivity contribution in [2.75, 3.05) is 11.9 Å². The molecule has 25 heavy (non-hydrogen) atoms. The number of nitro groups is 1. The fraction of sp³-hybridized carbons (Fsp3) is 0.176. The lowest BCUT2D eigenvalue weighted by atomic mass is 10.1. The number of nitro benzene ring substituents is 1. The number of carbonyl (C=O) groups excluding carboxylic acids is 2. The van der Waals surface area contributed by atoms with Crippen LogP contribution in [-0.4, -0.2) is 23.4 Å². The van der Waals surface area contributed by atoms with Gasteiger partial charge in [0, 0.05) is 6.07 Å². The topological polar surface area (TPSA) is 98.5 Å². The van der Waals surface area contributed by atoms with Crippen molar-refractivity contribution < 1.29 is 23.6 Å². The quantitative estimate of drug-likeness (QED) is 0.493. The number of hydrogen-bond acceptors (Lipinski definition) is 5. The molecule has 0 radical (unpaired) electrons. The van der Waals surface area contributed by atoms with E-state index in [0.717, 1.165) is 0 Å². The first-order valence-electron chi connectivity index (χ1n) is 7.31. The van der Waals surface area contributed by atoms with Gasteiger partial charge in [0.1, 0.15) is 11.5 Å². The Hall–Kier alpha value is -3.29. The minimum atomic E-state index is -0.778. The highest BCUT2D eigenvalue weighted by Gasteiger charge is 2.18. The SMILES string of the molecule is Cc1cccc([N+](=O)[O-])c1NC(=O)COC(=O)Cc1ccccc1F. The molecule has 0 bridgehead atoms. The number of rotatable bonds is 6. The van der Waals surface area contributed by atoms with Crippen LogP contribution in [0.25, 0.3) is 0 Å². The standard InChI is InChI=1S/C17H15FN2O5/c1-11-5-4-8-14(20(23)24)17(11)19-15(21)10-25-16(22)9-12-6-2-3-7-13(12)18/h2-8H,9-10H2,1H3,(H,19,21). The van der Waals surface area contributed by atoms with E-state index in [1.807, 2.05) is 0 Å². The number of carbonyl (C=O) groups is 2. The number of amides is 1. The second-order valence-corrected chi connectivity index (χ2v) is 5.20. The summed E-state index contributed by atoms with van der Waals surface area (Å²) < 4.78 is 18.2. The Labute approximate surface area is 142 Å². The van der Waals surface area contributed by atoms with Crippen molar-refractivity contribution in [1.29, 1.82) is 0 Å². The Morgan fingerprint density at radius 1 is 1.20 bits per heavy atom. The number of aryl methyl sites for hydroxylation is 1. The summed E-state index contributed by atoms with van der Waals surface area (Å²) in [4.78, 5) is 33.9. The summed E-state index contributed by atoms with van der Waals surface area (Å²) in [5, 5.41) is 13.3. The molecule has 8 heteroatoms. The van der Waals surface area contributed by atoms with Crippen molar-refractivity contribution in [3.8, 4) is 0 Å². The summed E-state index contributed by atoms with van der Waals surface area (Å²) in [6, 6.07) is 10.1. The summed E-state index contributed by atoms with van der Waals surface area (Å²) in [5.41, 5.74) is 0.441. The molecule has 2 aromatic carbocycles. The molecule has 0 atom stereocenters. The van der Waals surface area contributed by atoms with Crippen molar-refractivity contribution >= 4 is 23.3 Å². The summed E-state index contributed by atoms with van der Waals surface area (Å²) in [6.45, 7) is 0.978. The van der Waals surface area contributed by atoms with E-state index < -0.39 is 29.2 Å². The van der Waals surface area contributed by atoms with Crippen LogP contribution in [0.1, 0.15) is 11.1 Å². The Balaban J connectivity index is 1.94. The van der Waals surface area contributed by atoms with Crippen LogP contribution in [-0.2, 0) is 20.7 Å². The van der Waals surface area contributed by atoms with Crippen LogP contribution in [0, 0.1) is 22.9 Å². The highest BCUT2D eigenvalue weighted by Crippen LogP contribution is 2.27. The van der Waals surface area contributed by atoms with Crippen molar-refractivity contribution in [2.24, 2.45) is 0 Å². The van der Waals surface area contributed by atoms with E-state index in [4.69, 9.17) is 4.74 Å². The number of halogens is 1. The molecule has 0 saturated carbocycles. The van der Waals surface area contributed by atoms with Gasteiger partial charge in [-0.3, -0.25) is 19.7 Å². The maximum absolute atomic E-state index is 13.4.